The normalized spacial score (nSPS) is 16.6. The van der Waals surface area contributed by atoms with Gasteiger partial charge in [0.05, 0.1) is 0 Å². The van der Waals surface area contributed by atoms with Gasteiger partial charge in [-0.3, -0.25) is 9.89 Å². The van der Waals surface area contributed by atoms with E-state index in [1.165, 1.54) is 0 Å². The largest absolute Gasteiger partial charge is 0.444 e. The number of hydrogen-bond donors (Lipinski definition) is 2. The fourth-order valence-electron chi connectivity index (χ4n) is 2.55. The molecule has 7 nitrogen and oxygen atoms in total. The molecule has 22 heavy (non-hydrogen) atoms. The van der Waals surface area contributed by atoms with E-state index in [-0.39, 0.29) is 11.8 Å². The van der Waals surface area contributed by atoms with Crippen molar-refractivity contribution in [2.75, 3.05) is 13.1 Å². The quantitative estimate of drug-likeness (QED) is 0.887. The zero-order valence-electron chi connectivity index (χ0n) is 13.4. The standard InChI is InChI=1S/C15H24N4O3/c1-15(2,3)22-14(21)19-6-4-10(5-7-19)8-11-9-12(13(16)20)18-17-11/h9-10H,4-8H2,1-3H3,(H2,16,20)(H,17,18). The second kappa shape index (κ2) is 6.37. The van der Waals surface area contributed by atoms with Crippen molar-refractivity contribution in [3.05, 3.63) is 17.5 Å². The van der Waals surface area contributed by atoms with Gasteiger partial charge in [-0.2, -0.15) is 5.10 Å². The molecule has 1 aliphatic rings. The Kier molecular flexibility index (Phi) is 4.73. The maximum atomic E-state index is 12.0. The van der Waals surface area contributed by atoms with Crippen molar-refractivity contribution in [3.63, 3.8) is 0 Å². The zero-order valence-corrected chi connectivity index (χ0v) is 13.4. The Bertz CT molecular complexity index is 539. The molecule has 2 heterocycles. The topological polar surface area (TPSA) is 101 Å². The van der Waals surface area contributed by atoms with Gasteiger partial charge in [-0.25, -0.2) is 4.79 Å². The summed E-state index contributed by atoms with van der Waals surface area (Å²) in [5.74, 6) is -0.0675. The molecule has 0 aromatic carbocycles. The summed E-state index contributed by atoms with van der Waals surface area (Å²) in [5, 5.41) is 6.72. The van der Waals surface area contributed by atoms with Crippen LogP contribution in [0.5, 0.6) is 0 Å². The Morgan fingerprint density at radius 3 is 2.55 bits per heavy atom. The van der Waals surface area contributed by atoms with Gasteiger partial charge in [-0.05, 0) is 52.0 Å². The number of piperidine rings is 1. The highest BCUT2D eigenvalue weighted by Crippen LogP contribution is 2.22. The minimum atomic E-state index is -0.526. The van der Waals surface area contributed by atoms with Gasteiger partial charge in [-0.1, -0.05) is 0 Å². The zero-order chi connectivity index (χ0) is 16.3. The van der Waals surface area contributed by atoms with Crippen LogP contribution in [-0.2, 0) is 11.2 Å². The summed E-state index contributed by atoms with van der Waals surface area (Å²) in [4.78, 5) is 24.8. The molecule has 0 spiro atoms. The van der Waals surface area contributed by atoms with Crippen molar-refractivity contribution < 1.29 is 14.3 Å². The van der Waals surface area contributed by atoms with E-state index >= 15 is 0 Å². The second-order valence-corrected chi connectivity index (χ2v) is 6.76. The van der Waals surface area contributed by atoms with E-state index in [4.69, 9.17) is 10.5 Å². The SMILES string of the molecule is CC(C)(C)OC(=O)N1CCC(Cc2cc(C(N)=O)n[nH]2)CC1. The highest BCUT2D eigenvalue weighted by molar-refractivity contribution is 5.90. The first-order chi connectivity index (χ1) is 10.2. The van der Waals surface area contributed by atoms with Gasteiger partial charge in [0.2, 0.25) is 0 Å². The van der Waals surface area contributed by atoms with Crippen LogP contribution in [0.2, 0.25) is 0 Å². The Hall–Kier alpha value is -2.05. The fourth-order valence-corrected chi connectivity index (χ4v) is 2.55. The van der Waals surface area contributed by atoms with E-state index in [0.717, 1.165) is 25.0 Å². The molecule has 0 aliphatic carbocycles. The number of aromatic amines is 1. The minimum Gasteiger partial charge on any atom is -0.444 e. The number of carbonyl (C=O) groups is 2. The molecular weight excluding hydrogens is 284 g/mol. The monoisotopic (exact) mass is 308 g/mol. The summed E-state index contributed by atoms with van der Waals surface area (Å²) < 4.78 is 5.38. The number of ether oxygens (including phenoxy) is 1. The molecule has 0 atom stereocenters. The van der Waals surface area contributed by atoms with Gasteiger partial charge >= 0.3 is 6.09 Å². The van der Waals surface area contributed by atoms with Crippen molar-refractivity contribution in [1.29, 1.82) is 0 Å². The number of carbonyl (C=O) groups excluding carboxylic acids is 2. The maximum Gasteiger partial charge on any atom is 0.410 e. The number of likely N-dealkylation sites (tertiary alicyclic amines) is 1. The summed E-state index contributed by atoms with van der Waals surface area (Å²) in [6.45, 7) is 6.98. The molecule has 7 heteroatoms. The van der Waals surface area contributed by atoms with Crippen LogP contribution >= 0.6 is 0 Å². The van der Waals surface area contributed by atoms with E-state index < -0.39 is 11.5 Å². The lowest BCUT2D eigenvalue weighted by molar-refractivity contribution is 0.0184. The smallest absolute Gasteiger partial charge is 0.410 e. The predicted octanol–water partition coefficient (Wildman–Crippen LogP) is 1.70. The molecule has 2 amide bonds. The van der Waals surface area contributed by atoms with E-state index in [0.29, 0.717) is 19.0 Å². The molecule has 122 valence electrons. The lowest BCUT2D eigenvalue weighted by Crippen LogP contribution is -2.42. The van der Waals surface area contributed by atoms with E-state index in [1.54, 1.807) is 11.0 Å². The summed E-state index contributed by atoms with van der Waals surface area (Å²) in [7, 11) is 0. The molecule has 0 bridgehead atoms. The van der Waals surface area contributed by atoms with E-state index in [2.05, 4.69) is 10.2 Å². The van der Waals surface area contributed by atoms with Crippen molar-refractivity contribution in [3.8, 4) is 0 Å². The highest BCUT2D eigenvalue weighted by atomic mass is 16.6. The molecule has 1 saturated heterocycles. The highest BCUT2D eigenvalue weighted by Gasteiger charge is 2.27. The molecule has 3 N–H and O–H groups in total. The van der Waals surface area contributed by atoms with Crippen molar-refractivity contribution in [2.24, 2.45) is 11.7 Å². The Balaban J connectivity index is 1.81. The lowest BCUT2D eigenvalue weighted by Gasteiger charge is -2.33. The van der Waals surface area contributed by atoms with Gasteiger partial charge in [0, 0.05) is 18.8 Å². The number of nitrogens with two attached hydrogens (primary N) is 1. The van der Waals surface area contributed by atoms with Crippen LogP contribution in [0.4, 0.5) is 4.79 Å². The first-order valence-electron chi connectivity index (χ1n) is 7.56. The summed E-state index contributed by atoms with van der Waals surface area (Å²) in [5.41, 5.74) is 5.89. The first kappa shape index (κ1) is 16.3. The Labute approximate surface area is 130 Å². The Morgan fingerprint density at radius 2 is 2.05 bits per heavy atom. The number of primary amides is 1. The van der Waals surface area contributed by atoms with Crippen LogP contribution in [0, 0.1) is 5.92 Å². The van der Waals surface area contributed by atoms with Crippen LogP contribution in [0.15, 0.2) is 6.07 Å². The number of aromatic nitrogens is 2. The molecule has 1 aromatic rings. The van der Waals surface area contributed by atoms with Crippen molar-refractivity contribution in [2.45, 2.75) is 45.6 Å². The second-order valence-electron chi connectivity index (χ2n) is 6.76. The van der Waals surface area contributed by atoms with Crippen LogP contribution < -0.4 is 5.73 Å². The number of amides is 2. The van der Waals surface area contributed by atoms with Crippen LogP contribution in [0.1, 0.15) is 49.8 Å². The summed E-state index contributed by atoms with van der Waals surface area (Å²) in [6.07, 6.45) is 2.38. The van der Waals surface area contributed by atoms with Crippen molar-refractivity contribution >= 4 is 12.0 Å². The van der Waals surface area contributed by atoms with E-state index in [1.807, 2.05) is 20.8 Å². The predicted molar refractivity (Wildman–Crippen MR) is 81.3 cm³/mol. The first-order valence-corrected chi connectivity index (χ1v) is 7.56. The fraction of sp³-hybridized carbons (Fsp3) is 0.667. The third-order valence-corrected chi connectivity index (χ3v) is 3.66. The van der Waals surface area contributed by atoms with Crippen molar-refractivity contribution in [1.82, 2.24) is 15.1 Å². The molecule has 0 unspecified atom stereocenters. The molecule has 1 fully saturated rings. The van der Waals surface area contributed by atoms with Gasteiger partial charge < -0.3 is 15.4 Å². The molecule has 2 rings (SSSR count). The molecule has 1 aliphatic heterocycles. The summed E-state index contributed by atoms with van der Waals surface area (Å²) >= 11 is 0. The van der Waals surface area contributed by atoms with Crippen LogP contribution in [-0.4, -0.2) is 45.8 Å². The Morgan fingerprint density at radius 1 is 1.41 bits per heavy atom. The molecule has 0 saturated carbocycles. The average molecular weight is 308 g/mol. The van der Waals surface area contributed by atoms with Crippen LogP contribution in [0.3, 0.4) is 0 Å². The van der Waals surface area contributed by atoms with Gasteiger partial charge in [0.1, 0.15) is 11.3 Å². The number of H-pyrrole nitrogens is 1. The minimum absolute atomic E-state index is 0.247. The number of hydrogen-bond acceptors (Lipinski definition) is 4. The summed E-state index contributed by atoms with van der Waals surface area (Å²) in [6, 6.07) is 1.70. The van der Waals surface area contributed by atoms with Gasteiger partial charge in [0.25, 0.3) is 5.91 Å². The lowest BCUT2D eigenvalue weighted by atomic mass is 9.92. The van der Waals surface area contributed by atoms with Crippen LogP contribution in [0.25, 0.3) is 0 Å². The molecule has 1 aromatic heterocycles. The third kappa shape index (κ3) is 4.47. The van der Waals surface area contributed by atoms with Gasteiger partial charge in [0.15, 0.2) is 0 Å². The maximum absolute atomic E-state index is 12.0. The molecule has 0 radical (unpaired) electrons. The van der Waals surface area contributed by atoms with E-state index in [9.17, 15) is 9.59 Å². The third-order valence-electron chi connectivity index (χ3n) is 3.66. The van der Waals surface area contributed by atoms with Gasteiger partial charge in [-0.15, -0.1) is 0 Å². The average Bonchev–Trinajstić information content (AvgIpc) is 2.86. The number of rotatable bonds is 3. The number of nitrogens with zero attached hydrogens (tertiary/aromatic N) is 2. The number of nitrogens with one attached hydrogen (secondary N) is 1. The molecular formula is C15H24N4O3.